The van der Waals surface area contributed by atoms with Crippen molar-refractivity contribution in [1.82, 2.24) is 20.0 Å². The lowest BCUT2D eigenvalue weighted by molar-refractivity contribution is -0.129. The molecule has 0 fully saturated rings. The number of aromatic amines is 1. The second-order valence-electron chi connectivity index (χ2n) is 3.99. The second-order valence-corrected chi connectivity index (χ2v) is 3.99. The number of carbonyl (C=O) groups is 2. The lowest BCUT2D eigenvalue weighted by Gasteiger charge is -2.22. The lowest BCUT2D eigenvalue weighted by atomic mass is 10.3. The van der Waals surface area contributed by atoms with Crippen LogP contribution in [0.4, 0.5) is 0 Å². The van der Waals surface area contributed by atoms with E-state index in [2.05, 4.69) is 10.2 Å². The Hall–Kier alpha value is -1.89. The van der Waals surface area contributed by atoms with Crippen molar-refractivity contribution in [2.24, 2.45) is 0 Å². The Labute approximate surface area is 106 Å². The fraction of sp³-hybridized carbons (Fsp3) is 0.545. The van der Waals surface area contributed by atoms with E-state index in [0.717, 1.165) is 0 Å². The van der Waals surface area contributed by atoms with E-state index in [1.807, 2.05) is 0 Å². The van der Waals surface area contributed by atoms with Crippen LogP contribution in [0, 0.1) is 0 Å². The smallest absolute Gasteiger partial charge is 0.257 e. The van der Waals surface area contributed by atoms with Crippen LogP contribution in [0.5, 0.6) is 0 Å². The summed E-state index contributed by atoms with van der Waals surface area (Å²) >= 11 is 0. The highest BCUT2D eigenvalue weighted by Crippen LogP contribution is 2.03. The maximum absolute atomic E-state index is 12.1. The zero-order valence-electron chi connectivity index (χ0n) is 10.8. The highest BCUT2D eigenvalue weighted by atomic mass is 16.5. The fourth-order valence-corrected chi connectivity index (χ4v) is 1.31. The van der Waals surface area contributed by atoms with Gasteiger partial charge in [-0.3, -0.25) is 14.7 Å². The SMILES string of the molecule is COCCN(CC(=O)N(C)C)C(=O)c1cn[nH]c1. The van der Waals surface area contributed by atoms with E-state index in [0.29, 0.717) is 18.7 Å². The highest BCUT2D eigenvalue weighted by Gasteiger charge is 2.20. The first-order valence-electron chi connectivity index (χ1n) is 5.53. The van der Waals surface area contributed by atoms with Crippen LogP contribution in [0.3, 0.4) is 0 Å². The lowest BCUT2D eigenvalue weighted by Crippen LogP contribution is -2.41. The average molecular weight is 254 g/mol. The number of hydrogen-bond acceptors (Lipinski definition) is 4. The van der Waals surface area contributed by atoms with Crippen molar-refractivity contribution in [3.05, 3.63) is 18.0 Å². The Morgan fingerprint density at radius 1 is 1.44 bits per heavy atom. The van der Waals surface area contributed by atoms with Crippen molar-refractivity contribution in [2.75, 3.05) is 40.9 Å². The number of ether oxygens (including phenoxy) is 1. The molecule has 0 saturated carbocycles. The summed E-state index contributed by atoms with van der Waals surface area (Å²) in [4.78, 5) is 26.7. The molecule has 0 aliphatic carbocycles. The van der Waals surface area contributed by atoms with Crippen LogP contribution in [0.25, 0.3) is 0 Å². The number of nitrogens with one attached hydrogen (secondary N) is 1. The molecule has 0 unspecified atom stereocenters. The summed E-state index contributed by atoms with van der Waals surface area (Å²) in [6.07, 6.45) is 2.94. The maximum atomic E-state index is 12.1. The van der Waals surface area contributed by atoms with E-state index in [-0.39, 0.29) is 18.4 Å². The molecular formula is C11H18N4O3. The number of aromatic nitrogens is 2. The van der Waals surface area contributed by atoms with Crippen molar-refractivity contribution in [2.45, 2.75) is 0 Å². The Balaban J connectivity index is 2.71. The van der Waals surface area contributed by atoms with Gasteiger partial charge in [-0.2, -0.15) is 5.10 Å². The van der Waals surface area contributed by atoms with Gasteiger partial charge >= 0.3 is 0 Å². The van der Waals surface area contributed by atoms with Gasteiger partial charge in [0.1, 0.15) is 6.54 Å². The molecule has 2 amide bonds. The quantitative estimate of drug-likeness (QED) is 0.748. The number of amides is 2. The third-order valence-electron chi connectivity index (χ3n) is 2.42. The molecule has 0 radical (unpaired) electrons. The van der Waals surface area contributed by atoms with E-state index >= 15 is 0 Å². The number of likely N-dealkylation sites (N-methyl/N-ethyl adjacent to an activating group) is 1. The van der Waals surface area contributed by atoms with Crippen molar-refractivity contribution in [3.8, 4) is 0 Å². The van der Waals surface area contributed by atoms with Gasteiger partial charge in [0.2, 0.25) is 5.91 Å². The largest absolute Gasteiger partial charge is 0.383 e. The van der Waals surface area contributed by atoms with Crippen LogP contribution in [0.1, 0.15) is 10.4 Å². The Kier molecular flexibility index (Phi) is 5.31. The maximum Gasteiger partial charge on any atom is 0.257 e. The number of carbonyl (C=O) groups excluding carboxylic acids is 2. The molecule has 7 nitrogen and oxygen atoms in total. The van der Waals surface area contributed by atoms with Crippen molar-refractivity contribution in [3.63, 3.8) is 0 Å². The van der Waals surface area contributed by atoms with E-state index in [1.54, 1.807) is 21.2 Å². The molecule has 1 N–H and O–H groups in total. The number of nitrogens with zero attached hydrogens (tertiary/aromatic N) is 3. The molecule has 7 heteroatoms. The van der Waals surface area contributed by atoms with Crippen molar-refractivity contribution < 1.29 is 14.3 Å². The van der Waals surface area contributed by atoms with Crippen molar-refractivity contribution >= 4 is 11.8 Å². The van der Waals surface area contributed by atoms with E-state index in [9.17, 15) is 9.59 Å². The zero-order valence-corrected chi connectivity index (χ0v) is 10.8. The molecule has 100 valence electrons. The second kappa shape index (κ2) is 6.75. The van der Waals surface area contributed by atoms with Crippen LogP contribution in [-0.4, -0.2) is 72.7 Å². The minimum absolute atomic E-state index is 0.0281. The minimum Gasteiger partial charge on any atom is -0.383 e. The Morgan fingerprint density at radius 2 is 2.17 bits per heavy atom. The summed E-state index contributed by atoms with van der Waals surface area (Å²) < 4.78 is 4.94. The van der Waals surface area contributed by atoms with Crippen LogP contribution in [-0.2, 0) is 9.53 Å². The van der Waals surface area contributed by atoms with E-state index < -0.39 is 0 Å². The minimum atomic E-state index is -0.240. The number of hydrogen-bond donors (Lipinski definition) is 1. The summed E-state index contributed by atoms with van der Waals surface area (Å²) in [6, 6.07) is 0. The number of rotatable bonds is 6. The first-order valence-corrected chi connectivity index (χ1v) is 5.53. The Bertz CT molecular complexity index is 389. The molecule has 0 saturated heterocycles. The summed E-state index contributed by atoms with van der Waals surface area (Å²) in [5, 5.41) is 6.29. The summed E-state index contributed by atoms with van der Waals surface area (Å²) in [7, 11) is 4.85. The molecule has 0 bridgehead atoms. The van der Waals surface area contributed by atoms with Crippen LogP contribution < -0.4 is 0 Å². The van der Waals surface area contributed by atoms with Crippen molar-refractivity contribution in [1.29, 1.82) is 0 Å². The molecule has 0 aliphatic heterocycles. The zero-order chi connectivity index (χ0) is 13.5. The van der Waals surface area contributed by atoms with Gasteiger partial charge in [0, 0.05) is 33.9 Å². The predicted molar refractivity (Wildman–Crippen MR) is 65.1 cm³/mol. The first-order chi connectivity index (χ1) is 8.56. The topological polar surface area (TPSA) is 78.5 Å². The summed E-state index contributed by atoms with van der Waals surface area (Å²) in [6.45, 7) is 0.769. The van der Waals surface area contributed by atoms with Gasteiger partial charge in [-0.15, -0.1) is 0 Å². The molecule has 0 aromatic carbocycles. The molecule has 0 atom stereocenters. The van der Waals surface area contributed by atoms with Crippen LogP contribution >= 0.6 is 0 Å². The third-order valence-corrected chi connectivity index (χ3v) is 2.42. The molecule has 0 spiro atoms. The van der Waals surface area contributed by atoms with Gasteiger partial charge in [-0.05, 0) is 0 Å². The number of methoxy groups -OCH3 is 1. The van der Waals surface area contributed by atoms with Gasteiger partial charge in [0.15, 0.2) is 0 Å². The van der Waals surface area contributed by atoms with E-state index in [4.69, 9.17) is 4.74 Å². The molecule has 1 aromatic rings. The molecule has 1 heterocycles. The van der Waals surface area contributed by atoms with Crippen LogP contribution in [0.15, 0.2) is 12.4 Å². The molecular weight excluding hydrogens is 236 g/mol. The van der Waals surface area contributed by atoms with Gasteiger partial charge in [-0.25, -0.2) is 0 Å². The third kappa shape index (κ3) is 3.85. The van der Waals surface area contributed by atoms with Gasteiger partial charge in [0.05, 0.1) is 18.4 Å². The molecule has 1 rings (SSSR count). The molecule has 18 heavy (non-hydrogen) atoms. The van der Waals surface area contributed by atoms with E-state index in [1.165, 1.54) is 22.2 Å². The van der Waals surface area contributed by atoms with Gasteiger partial charge in [0.25, 0.3) is 5.91 Å². The summed E-state index contributed by atoms with van der Waals surface area (Å²) in [5.74, 6) is -0.376. The van der Waals surface area contributed by atoms with Gasteiger partial charge in [-0.1, -0.05) is 0 Å². The van der Waals surface area contributed by atoms with Crippen LogP contribution in [0.2, 0.25) is 0 Å². The number of H-pyrrole nitrogens is 1. The molecule has 1 aromatic heterocycles. The fourth-order valence-electron chi connectivity index (χ4n) is 1.31. The average Bonchev–Trinajstić information content (AvgIpc) is 2.86. The molecule has 0 aliphatic rings. The normalized spacial score (nSPS) is 10.2. The summed E-state index contributed by atoms with van der Waals surface area (Å²) in [5.41, 5.74) is 0.428. The first kappa shape index (κ1) is 14.2. The predicted octanol–water partition coefficient (Wildman–Crippen LogP) is -0.413. The van der Waals surface area contributed by atoms with Gasteiger partial charge < -0.3 is 14.5 Å². The standard InChI is InChI=1S/C11H18N4O3/c1-14(2)10(16)8-15(4-5-18-3)11(17)9-6-12-13-7-9/h6-7H,4-5,8H2,1-3H3,(H,12,13). The Morgan fingerprint density at radius 3 is 2.67 bits per heavy atom. The monoisotopic (exact) mass is 254 g/mol. The highest BCUT2D eigenvalue weighted by molar-refractivity contribution is 5.96.